The summed E-state index contributed by atoms with van der Waals surface area (Å²) < 4.78 is 0. The fraction of sp³-hybridized carbons (Fsp3) is 0.400. The van der Waals surface area contributed by atoms with E-state index >= 15 is 0 Å². The highest BCUT2D eigenvalue weighted by Crippen LogP contribution is 2.33. The topological polar surface area (TPSA) is 47.9 Å². The maximum absolute atomic E-state index is 10.2. The largest absolute Gasteiger partial charge is 0.361 e. The number of nitrogens with one attached hydrogen (secondary N) is 1. The number of aryl methyl sites for hydroxylation is 1. The molecule has 0 amide bonds. The van der Waals surface area contributed by atoms with Crippen LogP contribution in [0.4, 0.5) is 5.69 Å². The minimum atomic E-state index is -0.892. The Morgan fingerprint density at radius 1 is 1.42 bits per heavy atom. The van der Waals surface area contributed by atoms with Crippen LogP contribution in [0.2, 0.25) is 0 Å². The van der Waals surface area contributed by atoms with Crippen LogP contribution in [0.25, 0.3) is 0 Å². The van der Waals surface area contributed by atoms with E-state index in [1.165, 1.54) is 0 Å². The van der Waals surface area contributed by atoms with Crippen molar-refractivity contribution in [1.29, 1.82) is 0 Å². The smallest absolute Gasteiger partial charge is 0.189 e. The number of benzene rings is 1. The Balaban J connectivity index is 3.45. The van der Waals surface area contributed by atoms with Crippen molar-refractivity contribution in [3.63, 3.8) is 0 Å². The number of aliphatic hydroxyl groups is 1. The zero-order chi connectivity index (χ0) is 14.6. The molecular weight excluding hydrogens is 238 g/mol. The van der Waals surface area contributed by atoms with Gasteiger partial charge in [-0.05, 0) is 37.7 Å². The normalized spacial score (nSPS) is 12.3. The van der Waals surface area contributed by atoms with E-state index in [4.69, 9.17) is 0 Å². The summed E-state index contributed by atoms with van der Waals surface area (Å²) in [5, 5.41) is 13.0. The lowest BCUT2D eigenvalue weighted by Gasteiger charge is -2.32. The molecule has 0 spiro atoms. The van der Waals surface area contributed by atoms with Gasteiger partial charge in [0.25, 0.3) is 0 Å². The Hall–Kier alpha value is -1.65. The van der Waals surface area contributed by atoms with Gasteiger partial charge < -0.3 is 5.11 Å². The molecule has 0 radical (unpaired) electrons. The number of anilines is 1. The number of nitrogens with zero attached hydrogens (tertiary/aromatic N) is 2. The number of hydrogen-bond donors (Lipinski definition) is 2. The van der Waals surface area contributed by atoms with Crippen LogP contribution >= 0.6 is 0 Å². The molecule has 1 aromatic carbocycles. The predicted molar refractivity (Wildman–Crippen MR) is 81.5 cm³/mol. The number of para-hydroxylation sites is 1. The summed E-state index contributed by atoms with van der Waals surface area (Å²) >= 11 is 0. The predicted octanol–water partition coefficient (Wildman–Crippen LogP) is 2.59. The van der Waals surface area contributed by atoms with Crippen LogP contribution in [-0.2, 0) is 0 Å². The summed E-state index contributed by atoms with van der Waals surface area (Å²) in [7, 11) is 1.68. The molecule has 0 aliphatic rings. The van der Waals surface area contributed by atoms with Crippen molar-refractivity contribution in [2.75, 3.05) is 11.9 Å². The molecule has 0 heterocycles. The molecule has 0 aliphatic heterocycles. The van der Waals surface area contributed by atoms with E-state index in [1.54, 1.807) is 11.9 Å². The van der Waals surface area contributed by atoms with Gasteiger partial charge >= 0.3 is 0 Å². The third-order valence-corrected chi connectivity index (χ3v) is 3.10. The molecule has 104 valence electrons. The van der Waals surface area contributed by atoms with Gasteiger partial charge in [-0.15, -0.1) is 0 Å². The molecule has 4 nitrogen and oxygen atoms in total. The van der Waals surface area contributed by atoms with Crippen LogP contribution in [0.15, 0.2) is 35.6 Å². The van der Waals surface area contributed by atoms with Crippen molar-refractivity contribution in [1.82, 2.24) is 5.32 Å². The van der Waals surface area contributed by atoms with E-state index in [9.17, 15) is 5.11 Å². The van der Waals surface area contributed by atoms with Crippen LogP contribution in [0.1, 0.15) is 30.9 Å². The van der Waals surface area contributed by atoms with E-state index in [1.807, 2.05) is 19.1 Å². The first-order chi connectivity index (χ1) is 8.93. The Morgan fingerprint density at radius 2 is 2.05 bits per heavy atom. The molecule has 0 aromatic heterocycles. The molecule has 0 fully saturated rings. The van der Waals surface area contributed by atoms with Crippen LogP contribution in [-0.4, -0.2) is 25.2 Å². The monoisotopic (exact) mass is 261 g/mol. The number of hydrogen-bond acceptors (Lipinski definition) is 4. The van der Waals surface area contributed by atoms with Crippen molar-refractivity contribution >= 4 is 12.4 Å². The molecule has 1 unspecified atom stereocenters. The van der Waals surface area contributed by atoms with Crippen molar-refractivity contribution in [3.05, 3.63) is 41.7 Å². The number of aliphatic hydroxyl groups excluding tert-OH is 1. The molecule has 0 aliphatic carbocycles. The highest BCUT2D eigenvalue weighted by atomic mass is 16.3. The first kappa shape index (κ1) is 15.4. The van der Waals surface area contributed by atoms with Gasteiger partial charge in [0.1, 0.15) is 5.82 Å². The Kier molecular flexibility index (Phi) is 5.27. The van der Waals surface area contributed by atoms with Crippen molar-refractivity contribution in [3.8, 4) is 0 Å². The zero-order valence-electron chi connectivity index (χ0n) is 12.1. The Labute approximate surface area is 115 Å². The molecule has 0 saturated heterocycles. The van der Waals surface area contributed by atoms with E-state index in [0.717, 1.165) is 16.8 Å². The number of aliphatic imine (C=N–C) groups is 1. The molecule has 0 bridgehead atoms. The minimum Gasteiger partial charge on any atom is -0.361 e. The third kappa shape index (κ3) is 3.22. The van der Waals surface area contributed by atoms with Crippen LogP contribution in [0, 0.1) is 6.92 Å². The second-order valence-electron chi connectivity index (χ2n) is 4.77. The fourth-order valence-electron chi connectivity index (χ4n) is 2.07. The van der Waals surface area contributed by atoms with Gasteiger partial charge in [-0.25, -0.2) is 4.99 Å². The van der Waals surface area contributed by atoms with Crippen molar-refractivity contribution in [2.24, 2.45) is 4.99 Å². The highest BCUT2D eigenvalue weighted by molar-refractivity contribution is 5.64. The van der Waals surface area contributed by atoms with E-state index in [-0.39, 0.29) is 0 Å². The summed E-state index contributed by atoms with van der Waals surface area (Å²) in [4.78, 5) is 5.52. The van der Waals surface area contributed by atoms with Crippen LogP contribution in [0.5, 0.6) is 0 Å². The average molecular weight is 261 g/mol. The summed E-state index contributed by atoms with van der Waals surface area (Å²) in [5.74, 6) is 0.747. The molecule has 19 heavy (non-hydrogen) atoms. The lowest BCUT2D eigenvalue weighted by Crippen LogP contribution is -2.43. The van der Waals surface area contributed by atoms with Crippen molar-refractivity contribution in [2.45, 2.75) is 33.0 Å². The van der Waals surface area contributed by atoms with Crippen LogP contribution in [0.3, 0.4) is 0 Å². The highest BCUT2D eigenvalue weighted by Gasteiger charge is 2.22. The molecule has 1 atom stereocenters. The maximum atomic E-state index is 10.2. The Bertz CT molecular complexity index is 468. The first-order valence-electron chi connectivity index (χ1n) is 6.33. The summed E-state index contributed by atoms with van der Waals surface area (Å²) in [6, 6.07) is 6.08. The standard InChI is InChI=1S/C15H23N3O/c1-10(2)13-9-7-8-11(3)14(13)18(12(4)16-5)15(19)17-6/h7-10,15,17,19H,4-5H2,1-3,6H3. The summed E-state index contributed by atoms with van der Waals surface area (Å²) in [6.45, 7) is 13.6. The molecular formula is C15H23N3O. The van der Waals surface area contributed by atoms with Crippen molar-refractivity contribution < 1.29 is 5.11 Å². The van der Waals surface area contributed by atoms with Gasteiger partial charge in [-0.2, -0.15) is 0 Å². The van der Waals surface area contributed by atoms with Gasteiger partial charge in [0.2, 0.25) is 0 Å². The van der Waals surface area contributed by atoms with Gasteiger partial charge in [0.15, 0.2) is 6.35 Å². The van der Waals surface area contributed by atoms with E-state index in [0.29, 0.717) is 11.7 Å². The van der Waals surface area contributed by atoms with Gasteiger partial charge in [-0.3, -0.25) is 10.2 Å². The second kappa shape index (κ2) is 6.50. The lowest BCUT2D eigenvalue weighted by molar-refractivity contribution is 0.148. The SMILES string of the molecule is C=NC(=C)N(c1c(C)cccc1C(C)C)C(O)NC. The quantitative estimate of drug-likeness (QED) is 0.611. The number of rotatable bonds is 6. The Morgan fingerprint density at radius 3 is 2.53 bits per heavy atom. The summed E-state index contributed by atoms with van der Waals surface area (Å²) in [5.41, 5.74) is 3.13. The minimum absolute atomic E-state index is 0.332. The van der Waals surface area contributed by atoms with E-state index in [2.05, 4.69) is 43.5 Å². The van der Waals surface area contributed by atoms with Crippen LogP contribution < -0.4 is 10.2 Å². The molecule has 1 rings (SSSR count). The first-order valence-corrected chi connectivity index (χ1v) is 6.33. The van der Waals surface area contributed by atoms with Gasteiger partial charge in [-0.1, -0.05) is 38.6 Å². The molecule has 4 heteroatoms. The fourth-order valence-corrected chi connectivity index (χ4v) is 2.07. The van der Waals surface area contributed by atoms with Gasteiger partial charge in [0, 0.05) is 0 Å². The average Bonchev–Trinajstić information content (AvgIpc) is 2.39. The zero-order valence-corrected chi connectivity index (χ0v) is 12.1. The maximum Gasteiger partial charge on any atom is 0.189 e. The molecule has 0 saturated carbocycles. The molecule has 2 N–H and O–H groups in total. The molecule has 1 aromatic rings. The lowest BCUT2D eigenvalue weighted by atomic mass is 9.97. The summed E-state index contributed by atoms with van der Waals surface area (Å²) in [6.07, 6.45) is -0.892. The third-order valence-electron chi connectivity index (χ3n) is 3.10. The second-order valence-corrected chi connectivity index (χ2v) is 4.77. The van der Waals surface area contributed by atoms with Gasteiger partial charge in [0.05, 0.1) is 5.69 Å². The van der Waals surface area contributed by atoms with E-state index < -0.39 is 6.35 Å².